The van der Waals surface area contributed by atoms with Crippen molar-refractivity contribution in [2.24, 2.45) is 0 Å². The molecule has 1 aliphatic heterocycles. The summed E-state index contributed by atoms with van der Waals surface area (Å²) in [5, 5.41) is 0. The van der Waals surface area contributed by atoms with Crippen LogP contribution in [0.3, 0.4) is 0 Å². The molecule has 0 spiro atoms. The second-order valence-electron chi connectivity index (χ2n) is 4.77. The van der Waals surface area contributed by atoms with Crippen LogP contribution in [0.25, 0.3) is 0 Å². The number of hydrogen-bond acceptors (Lipinski definition) is 3. The van der Waals surface area contributed by atoms with Crippen LogP contribution in [-0.2, 0) is 10.0 Å². The zero-order valence-electron chi connectivity index (χ0n) is 11.3. The van der Waals surface area contributed by atoms with Gasteiger partial charge in [0.05, 0.1) is 4.90 Å². The molecule has 1 aromatic carbocycles. The molecule has 0 bridgehead atoms. The lowest BCUT2D eigenvalue weighted by Crippen LogP contribution is -2.35. The minimum atomic E-state index is -3.44. The molecule has 1 saturated heterocycles. The average molecular weight is 426 g/mol. The average Bonchev–Trinajstić information content (AvgIpc) is 2.67. The molecule has 0 atom stereocenters. The summed E-state index contributed by atoms with van der Waals surface area (Å²) in [6.45, 7) is 5.96. The second-order valence-corrected chi connectivity index (χ2v) is 8.44. The molecule has 1 aliphatic rings. The molecular weight excluding hydrogens is 408 g/mol. The predicted molar refractivity (Wildman–Crippen MR) is 87.3 cm³/mol. The minimum Gasteiger partial charge on any atom is -0.302 e. The van der Waals surface area contributed by atoms with Crippen LogP contribution < -0.4 is 0 Å². The van der Waals surface area contributed by atoms with Gasteiger partial charge in [-0.1, -0.05) is 22.9 Å². The maximum absolute atomic E-state index is 12.8. The van der Waals surface area contributed by atoms with Crippen LogP contribution in [0.2, 0.25) is 0 Å². The number of nitrogens with zero attached hydrogens (tertiary/aromatic N) is 2. The van der Waals surface area contributed by atoms with Crippen molar-refractivity contribution in [2.45, 2.75) is 18.2 Å². The van der Waals surface area contributed by atoms with Crippen LogP contribution in [0.4, 0.5) is 0 Å². The smallest absolute Gasteiger partial charge is 0.244 e. The number of benzene rings is 1. The number of likely N-dealkylation sites (N-methyl/N-ethyl adjacent to an activating group) is 1. The molecule has 20 heavy (non-hydrogen) atoms. The molecule has 4 nitrogen and oxygen atoms in total. The Labute approximate surface area is 137 Å². The quantitative estimate of drug-likeness (QED) is 0.747. The van der Waals surface area contributed by atoms with Crippen molar-refractivity contribution >= 4 is 41.9 Å². The fourth-order valence-corrected chi connectivity index (χ4v) is 5.25. The molecule has 0 radical (unpaired) electrons. The Balaban J connectivity index is 2.28. The van der Waals surface area contributed by atoms with Crippen molar-refractivity contribution in [3.05, 3.63) is 27.1 Å². The van der Waals surface area contributed by atoms with Crippen LogP contribution in [0.1, 0.15) is 13.3 Å². The van der Waals surface area contributed by atoms with Crippen molar-refractivity contribution in [3.63, 3.8) is 0 Å². The van der Waals surface area contributed by atoms with E-state index >= 15 is 0 Å². The topological polar surface area (TPSA) is 40.6 Å². The first-order chi connectivity index (χ1) is 9.45. The van der Waals surface area contributed by atoms with Gasteiger partial charge in [0.15, 0.2) is 0 Å². The van der Waals surface area contributed by atoms with Gasteiger partial charge in [-0.05, 0) is 53.6 Å². The van der Waals surface area contributed by atoms with Gasteiger partial charge in [0.1, 0.15) is 0 Å². The van der Waals surface area contributed by atoms with E-state index in [1.54, 1.807) is 16.4 Å². The number of rotatable bonds is 3. The Bertz CT molecular complexity index is 578. The highest BCUT2D eigenvalue weighted by Crippen LogP contribution is 2.28. The summed E-state index contributed by atoms with van der Waals surface area (Å²) in [6.07, 6.45) is 0.874. The van der Waals surface area contributed by atoms with Crippen LogP contribution in [0.5, 0.6) is 0 Å². The van der Waals surface area contributed by atoms with Gasteiger partial charge in [0.2, 0.25) is 10.0 Å². The molecule has 0 amide bonds. The van der Waals surface area contributed by atoms with E-state index in [1.165, 1.54) is 0 Å². The molecule has 0 N–H and O–H groups in total. The standard InChI is InChI=1S/C13H18Br2N2O2S/c1-2-16-6-3-7-17(9-8-16)20(18,19)13-10-11(14)4-5-12(13)15/h4-5,10H,2-3,6-9H2,1H3. The van der Waals surface area contributed by atoms with Crippen molar-refractivity contribution in [1.29, 1.82) is 0 Å². The molecule has 0 aliphatic carbocycles. The van der Waals surface area contributed by atoms with Gasteiger partial charge in [-0.25, -0.2) is 8.42 Å². The summed E-state index contributed by atoms with van der Waals surface area (Å²) in [4.78, 5) is 2.61. The van der Waals surface area contributed by atoms with Gasteiger partial charge in [-0.3, -0.25) is 0 Å². The van der Waals surface area contributed by atoms with Gasteiger partial charge in [0, 0.05) is 28.6 Å². The lowest BCUT2D eigenvalue weighted by Gasteiger charge is -2.21. The first-order valence-electron chi connectivity index (χ1n) is 6.62. The Morgan fingerprint density at radius 3 is 2.60 bits per heavy atom. The first-order valence-corrected chi connectivity index (χ1v) is 9.65. The molecule has 2 rings (SSSR count). The van der Waals surface area contributed by atoms with Crippen molar-refractivity contribution in [2.75, 3.05) is 32.7 Å². The maximum atomic E-state index is 12.8. The molecule has 7 heteroatoms. The SMILES string of the molecule is CCN1CCCN(S(=O)(=O)c2cc(Br)ccc2Br)CC1. The summed E-state index contributed by atoms with van der Waals surface area (Å²) in [6, 6.07) is 5.24. The van der Waals surface area contributed by atoms with E-state index in [1.807, 2.05) is 6.07 Å². The largest absolute Gasteiger partial charge is 0.302 e. The maximum Gasteiger partial charge on any atom is 0.244 e. The molecular formula is C13H18Br2N2O2S. The van der Waals surface area contributed by atoms with E-state index in [0.29, 0.717) is 22.5 Å². The number of sulfonamides is 1. The van der Waals surface area contributed by atoms with Crippen LogP contribution in [0.15, 0.2) is 32.0 Å². The zero-order chi connectivity index (χ0) is 14.8. The Kier molecular flexibility index (Phi) is 5.64. The first kappa shape index (κ1) is 16.4. The fourth-order valence-electron chi connectivity index (χ4n) is 2.32. The van der Waals surface area contributed by atoms with Crippen LogP contribution in [-0.4, -0.2) is 50.3 Å². The van der Waals surface area contributed by atoms with E-state index in [9.17, 15) is 8.42 Å². The van der Waals surface area contributed by atoms with Gasteiger partial charge in [-0.2, -0.15) is 4.31 Å². The van der Waals surface area contributed by atoms with E-state index < -0.39 is 10.0 Å². The van der Waals surface area contributed by atoms with Crippen LogP contribution in [0, 0.1) is 0 Å². The Hall–Kier alpha value is 0.0500. The van der Waals surface area contributed by atoms with Gasteiger partial charge >= 0.3 is 0 Å². The Morgan fingerprint density at radius 1 is 1.15 bits per heavy atom. The normalized spacial score (nSPS) is 18.9. The summed E-state index contributed by atoms with van der Waals surface area (Å²) in [7, 11) is -3.44. The highest BCUT2D eigenvalue weighted by atomic mass is 79.9. The van der Waals surface area contributed by atoms with E-state index in [4.69, 9.17) is 0 Å². The molecule has 0 saturated carbocycles. The lowest BCUT2D eigenvalue weighted by atomic mass is 10.4. The van der Waals surface area contributed by atoms with E-state index in [-0.39, 0.29) is 0 Å². The van der Waals surface area contributed by atoms with Gasteiger partial charge < -0.3 is 4.90 Å². The third-order valence-electron chi connectivity index (χ3n) is 3.51. The lowest BCUT2D eigenvalue weighted by molar-refractivity contribution is 0.302. The summed E-state index contributed by atoms with van der Waals surface area (Å²) in [5.74, 6) is 0. The van der Waals surface area contributed by atoms with Gasteiger partial charge in [-0.15, -0.1) is 0 Å². The summed E-state index contributed by atoms with van der Waals surface area (Å²) >= 11 is 6.68. The molecule has 112 valence electrons. The third kappa shape index (κ3) is 3.62. The number of hydrogen-bond donors (Lipinski definition) is 0. The highest BCUT2D eigenvalue weighted by molar-refractivity contribution is 9.11. The third-order valence-corrected chi connectivity index (χ3v) is 6.89. The summed E-state index contributed by atoms with van der Waals surface area (Å²) in [5.41, 5.74) is 0. The van der Waals surface area contributed by atoms with Gasteiger partial charge in [0.25, 0.3) is 0 Å². The number of halogens is 2. The highest BCUT2D eigenvalue weighted by Gasteiger charge is 2.28. The van der Waals surface area contributed by atoms with E-state index in [2.05, 4.69) is 43.7 Å². The van der Waals surface area contributed by atoms with E-state index in [0.717, 1.165) is 30.5 Å². The monoisotopic (exact) mass is 424 g/mol. The Morgan fingerprint density at radius 2 is 1.90 bits per heavy atom. The molecule has 1 heterocycles. The summed E-state index contributed by atoms with van der Waals surface area (Å²) < 4.78 is 28.5. The molecule has 1 fully saturated rings. The van der Waals surface area contributed by atoms with Crippen molar-refractivity contribution < 1.29 is 8.42 Å². The molecule has 1 aromatic rings. The van der Waals surface area contributed by atoms with Crippen molar-refractivity contribution in [1.82, 2.24) is 9.21 Å². The molecule has 0 aromatic heterocycles. The zero-order valence-corrected chi connectivity index (χ0v) is 15.3. The van der Waals surface area contributed by atoms with Crippen LogP contribution >= 0.6 is 31.9 Å². The molecule has 0 unspecified atom stereocenters. The fraction of sp³-hybridized carbons (Fsp3) is 0.538. The van der Waals surface area contributed by atoms with Crippen molar-refractivity contribution in [3.8, 4) is 0 Å². The predicted octanol–water partition coefficient (Wildman–Crippen LogP) is 2.93. The minimum absolute atomic E-state index is 0.330. The second kappa shape index (κ2) is 6.87.